The molecule has 1 N–H and O–H groups in total. The highest BCUT2D eigenvalue weighted by molar-refractivity contribution is 6.08. The summed E-state index contributed by atoms with van der Waals surface area (Å²) in [7, 11) is 1.65. The van der Waals surface area contributed by atoms with Crippen molar-refractivity contribution < 1.29 is 9.53 Å². The molecule has 0 amide bonds. The third-order valence-electron chi connectivity index (χ3n) is 5.34. The van der Waals surface area contributed by atoms with Crippen LogP contribution in [0.1, 0.15) is 29.6 Å². The number of para-hydroxylation sites is 1. The molecule has 1 aliphatic heterocycles. The SMILES string of the molecule is COc1ccc(-c2cc(C(=O)CC3CCNCC3)c3ccccc3n2)cc1.Cl.Cl. The van der Waals surface area contributed by atoms with Crippen molar-refractivity contribution in [3.05, 3.63) is 60.2 Å². The van der Waals surface area contributed by atoms with E-state index >= 15 is 0 Å². The van der Waals surface area contributed by atoms with Crippen LogP contribution in [0.5, 0.6) is 5.75 Å². The van der Waals surface area contributed by atoms with E-state index in [1.165, 1.54) is 0 Å². The quantitative estimate of drug-likeness (QED) is 0.553. The van der Waals surface area contributed by atoms with Gasteiger partial charge >= 0.3 is 0 Å². The number of benzene rings is 2. The van der Waals surface area contributed by atoms with Crippen molar-refractivity contribution in [2.75, 3.05) is 20.2 Å². The number of nitrogens with one attached hydrogen (secondary N) is 1. The number of pyridine rings is 1. The van der Waals surface area contributed by atoms with Crippen LogP contribution >= 0.6 is 24.8 Å². The second-order valence-electron chi connectivity index (χ2n) is 7.12. The van der Waals surface area contributed by atoms with Crippen LogP contribution in [0.25, 0.3) is 22.2 Å². The predicted octanol–water partition coefficient (Wildman–Crippen LogP) is 5.33. The van der Waals surface area contributed by atoms with Crippen LogP contribution < -0.4 is 10.1 Å². The van der Waals surface area contributed by atoms with E-state index in [1.54, 1.807) is 7.11 Å². The van der Waals surface area contributed by atoms with E-state index in [9.17, 15) is 4.79 Å². The fourth-order valence-electron chi connectivity index (χ4n) is 3.77. The first-order valence-corrected chi connectivity index (χ1v) is 9.53. The average molecular weight is 433 g/mol. The molecule has 0 spiro atoms. The summed E-state index contributed by atoms with van der Waals surface area (Å²) >= 11 is 0. The minimum atomic E-state index is 0. The van der Waals surface area contributed by atoms with Gasteiger partial charge in [-0.3, -0.25) is 4.79 Å². The first-order valence-electron chi connectivity index (χ1n) is 9.53. The Hall–Kier alpha value is -2.14. The second kappa shape index (κ2) is 10.6. The summed E-state index contributed by atoms with van der Waals surface area (Å²) in [5, 5.41) is 4.30. The standard InChI is InChI=1S/C23H24N2O2.2ClH/c1-27-18-8-6-17(7-9-18)22-15-20(19-4-2-3-5-21(19)25-22)23(26)14-16-10-12-24-13-11-16;;/h2-9,15-16,24H,10-14H2,1H3;2*1H. The lowest BCUT2D eigenvalue weighted by Gasteiger charge is -2.22. The van der Waals surface area contributed by atoms with Crippen molar-refractivity contribution in [2.45, 2.75) is 19.3 Å². The minimum Gasteiger partial charge on any atom is -0.497 e. The number of nitrogens with zero attached hydrogens (tertiary/aromatic N) is 1. The van der Waals surface area contributed by atoms with Crippen LogP contribution in [0.2, 0.25) is 0 Å². The van der Waals surface area contributed by atoms with Crippen molar-refractivity contribution >= 4 is 41.5 Å². The number of piperidine rings is 1. The van der Waals surface area contributed by atoms with E-state index in [0.29, 0.717) is 12.3 Å². The highest BCUT2D eigenvalue weighted by atomic mass is 35.5. The van der Waals surface area contributed by atoms with Crippen LogP contribution in [-0.4, -0.2) is 31.0 Å². The van der Waals surface area contributed by atoms with Gasteiger partial charge < -0.3 is 10.1 Å². The van der Waals surface area contributed by atoms with Crippen molar-refractivity contribution in [3.63, 3.8) is 0 Å². The summed E-state index contributed by atoms with van der Waals surface area (Å²) in [4.78, 5) is 17.9. The number of aromatic nitrogens is 1. The smallest absolute Gasteiger partial charge is 0.163 e. The molecule has 2 heterocycles. The maximum atomic E-state index is 13.1. The average Bonchev–Trinajstić information content (AvgIpc) is 2.73. The number of fused-ring (bicyclic) bond motifs is 1. The molecule has 0 saturated carbocycles. The van der Waals surface area contributed by atoms with Gasteiger partial charge in [-0.1, -0.05) is 18.2 Å². The number of hydrogen-bond donors (Lipinski definition) is 1. The van der Waals surface area contributed by atoms with E-state index in [0.717, 1.165) is 59.4 Å². The largest absolute Gasteiger partial charge is 0.497 e. The maximum absolute atomic E-state index is 13.1. The summed E-state index contributed by atoms with van der Waals surface area (Å²) in [6.45, 7) is 2.01. The van der Waals surface area contributed by atoms with Crippen LogP contribution in [0.4, 0.5) is 0 Å². The number of carbonyl (C=O) groups is 1. The number of halogens is 2. The summed E-state index contributed by atoms with van der Waals surface area (Å²) in [5.41, 5.74) is 3.45. The number of ether oxygens (including phenoxy) is 1. The van der Waals surface area contributed by atoms with E-state index in [2.05, 4.69) is 5.32 Å². The van der Waals surface area contributed by atoms with E-state index in [4.69, 9.17) is 9.72 Å². The summed E-state index contributed by atoms with van der Waals surface area (Å²) in [5.74, 6) is 1.49. The lowest BCUT2D eigenvalue weighted by molar-refractivity contribution is 0.0954. The Bertz CT molecular complexity index is 955. The zero-order chi connectivity index (χ0) is 18.6. The number of hydrogen-bond acceptors (Lipinski definition) is 4. The highest BCUT2D eigenvalue weighted by Gasteiger charge is 2.20. The van der Waals surface area contributed by atoms with Gasteiger partial charge in [0.05, 0.1) is 18.3 Å². The Morgan fingerprint density at radius 1 is 1.07 bits per heavy atom. The molecule has 1 aliphatic rings. The molecule has 0 unspecified atom stereocenters. The third kappa shape index (κ3) is 5.27. The van der Waals surface area contributed by atoms with E-state index in [1.807, 2.05) is 54.6 Å². The molecular formula is C23H26Cl2N2O2. The molecule has 4 rings (SSSR count). The molecule has 0 radical (unpaired) electrons. The monoisotopic (exact) mass is 432 g/mol. The Labute approximate surface area is 183 Å². The van der Waals surface area contributed by atoms with Gasteiger partial charge in [0, 0.05) is 22.9 Å². The molecule has 6 heteroatoms. The molecule has 2 aromatic carbocycles. The molecular weight excluding hydrogens is 407 g/mol. The minimum absolute atomic E-state index is 0. The molecule has 1 saturated heterocycles. The first-order chi connectivity index (χ1) is 13.2. The van der Waals surface area contributed by atoms with Gasteiger partial charge in [-0.2, -0.15) is 0 Å². The fourth-order valence-corrected chi connectivity index (χ4v) is 3.77. The third-order valence-corrected chi connectivity index (χ3v) is 5.34. The predicted molar refractivity (Wildman–Crippen MR) is 123 cm³/mol. The van der Waals surface area contributed by atoms with Crippen LogP contribution in [0, 0.1) is 5.92 Å². The van der Waals surface area contributed by atoms with Crippen molar-refractivity contribution in [1.82, 2.24) is 10.3 Å². The molecule has 1 aromatic heterocycles. The van der Waals surface area contributed by atoms with Gasteiger partial charge in [-0.05, 0) is 68.2 Å². The molecule has 29 heavy (non-hydrogen) atoms. The topological polar surface area (TPSA) is 51.2 Å². The zero-order valence-electron chi connectivity index (χ0n) is 16.4. The molecule has 4 nitrogen and oxygen atoms in total. The molecule has 0 bridgehead atoms. The van der Waals surface area contributed by atoms with Gasteiger partial charge in [0.15, 0.2) is 5.78 Å². The number of Topliss-reactive ketones (excluding diaryl/α,β-unsaturated/α-hetero) is 1. The van der Waals surface area contributed by atoms with Gasteiger partial charge in [0.1, 0.15) is 5.75 Å². The Kier molecular flexibility index (Phi) is 8.45. The summed E-state index contributed by atoms with van der Waals surface area (Å²) < 4.78 is 5.24. The normalized spacial score (nSPS) is 14.0. The number of ketones is 1. The van der Waals surface area contributed by atoms with Gasteiger partial charge in [-0.25, -0.2) is 4.98 Å². The fraction of sp³-hybridized carbons (Fsp3) is 0.304. The van der Waals surface area contributed by atoms with Crippen molar-refractivity contribution in [3.8, 4) is 17.0 Å². The number of carbonyl (C=O) groups excluding carboxylic acids is 1. The Balaban J connectivity index is 0.00000150. The summed E-state index contributed by atoms with van der Waals surface area (Å²) in [6.07, 6.45) is 2.75. The Morgan fingerprint density at radius 3 is 2.45 bits per heavy atom. The number of rotatable bonds is 5. The molecule has 0 atom stereocenters. The zero-order valence-corrected chi connectivity index (χ0v) is 18.0. The lowest BCUT2D eigenvalue weighted by Crippen LogP contribution is -2.28. The first kappa shape index (κ1) is 23.1. The van der Waals surface area contributed by atoms with Crippen LogP contribution in [-0.2, 0) is 0 Å². The highest BCUT2D eigenvalue weighted by Crippen LogP contribution is 2.28. The van der Waals surface area contributed by atoms with Gasteiger partial charge in [-0.15, -0.1) is 24.8 Å². The van der Waals surface area contributed by atoms with E-state index in [-0.39, 0.29) is 30.6 Å². The van der Waals surface area contributed by atoms with Crippen molar-refractivity contribution in [1.29, 1.82) is 0 Å². The van der Waals surface area contributed by atoms with Gasteiger partial charge in [0.25, 0.3) is 0 Å². The molecule has 1 fully saturated rings. The molecule has 154 valence electrons. The molecule has 3 aromatic rings. The van der Waals surface area contributed by atoms with Crippen LogP contribution in [0.3, 0.4) is 0 Å². The van der Waals surface area contributed by atoms with Crippen LogP contribution in [0.15, 0.2) is 54.6 Å². The van der Waals surface area contributed by atoms with Crippen molar-refractivity contribution in [2.24, 2.45) is 5.92 Å². The summed E-state index contributed by atoms with van der Waals surface area (Å²) in [6, 6.07) is 17.7. The Morgan fingerprint density at radius 2 is 1.76 bits per heavy atom. The second-order valence-corrected chi connectivity index (χ2v) is 7.12. The maximum Gasteiger partial charge on any atom is 0.163 e. The van der Waals surface area contributed by atoms with Gasteiger partial charge in [0.2, 0.25) is 0 Å². The number of methoxy groups -OCH3 is 1. The lowest BCUT2D eigenvalue weighted by atomic mass is 9.89. The molecule has 0 aliphatic carbocycles. The van der Waals surface area contributed by atoms with E-state index < -0.39 is 0 Å².